The van der Waals surface area contributed by atoms with E-state index >= 15 is 0 Å². The van der Waals surface area contributed by atoms with Gasteiger partial charge >= 0.3 is 0 Å². The molecular formula is C17H18N4O3. The molecule has 0 spiro atoms. The number of amides is 1. The van der Waals surface area contributed by atoms with Crippen molar-refractivity contribution in [2.24, 2.45) is 0 Å². The molecule has 0 aliphatic carbocycles. The van der Waals surface area contributed by atoms with Crippen molar-refractivity contribution in [2.75, 3.05) is 0 Å². The number of carbonyl (C=O) groups is 1. The van der Waals surface area contributed by atoms with Crippen molar-refractivity contribution >= 4 is 5.91 Å². The molecule has 1 amide bonds. The summed E-state index contributed by atoms with van der Waals surface area (Å²) in [5, 5.41) is 6.96. The van der Waals surface area contributed by atoms with Crippen molar-refractivity contribution in [3.8, 4) is 11.7 Å². The fraction of sp³-hybridized carbons (Fsp3) is 0.235. The molecule has 0 radical (unpaired) electrons. The van der Waals surface area contributed by atoms with Gasteiger partial charge in [0.2, 0.25) is 0 Å². The van der Waals surface area contributed by atoms with E-state index in [-0.39, 0.29) is 29.7 Å². The Morgan fingerprint density at radius 2 is 2.00 bits per heavy atom. The lowest BCUT2D eigenvalue weighted by molar-refractivity contribution is 0.0895. The Kier molecular flexibility index (Phi) is 4.60. The van der Waals surface area contributed by atoms with Crippen molar-refractivity contribution in [3.05, 3.63) is 60.9 Å². The van der Waals surface area contributed by atoms with Crippen LogP contribution in [-0.4, -0.2) is 26.7 Å². The van der Waals surface area contributed by atoms with Gasteiger partial charge in [-0.05, 0) is 32.0 Å². The number of benzene rings is 1. The summed E-state index contributed by atoms with van der Waals surface area (Å²) in [6, 6.07) is 12.3. The lowest BCUT2D eigenvalue weighted by Crippen LogP contribution is -2.38. The number of rotatable bonds is 6. The second kappa shape index (κ2) is 6.99. The Balaban J connectivity index is 1.61. The second-order valence-corrected chi connectivity index (χ2v) is 5.41. The molecule has 3 rings (SSSR count). The molecule has 7 nitrogen and oxygen atoms in total. The van der Waals surface area contributed by atoms with Crippen LogP contribution in [0.5, 0.6) is 11.7 Å². The van der Waals surface area contributed by atoms with Crippen LogP contribution in [0, 0.1) is 0 Å². The number of hydrogen-bond acceptors (Lipinski definition) is 5. The normalized spacial score (nSPS) is 13.2. The van der Waals surface area contributed by atoms with E-state index in [1.807, 2.05) is 44.2 Å². The topological polar surface area (TPSA) is 82.2 Å². The molecular weight excluding hydrogens is 308 g/mol. The number of nitrogens with zero attached hydrogens (tertiary/aromatic N) is 3. The van der Waals surface area contributed by atoms with Gasteiger partial charge in [-0.25, -0.2) is 9.67 Å². The van der Waals surface area contributed by atoms with Crippen LogP contribution < -0.4 is 10.1 Å². The fourth-order valence-corrected chi connectivity index (χ4v) is 2.16. The van der Waals surface area contributed by atoms with E-state index in [0.29, 0.717) is 5.75 Å². The van der Waals surface area contributed by atoms with Gasteiger partial charge in [0.05, 0.1) is 6.04 Å². The predicted molar refractivity (Wildman–Crippen MR) is 86.9 cm³/mol. The van der Waals surface area contributed by atoms with Crippen molar-refractivity contribution in [1.82, 2.24) is 20.1 Å². The molecule has 0 bridgehead atoms. The van der Waals surface area contributed by atoms with Gasteiger partial charge in [-0.2, -0.15) is 5.10 Å². The molecule has 3 aromatic rings. The highest BCUT2D eigenvalue weighted by molar-refractivity contribution is 5.91. The highest BCUT2D eigenvalue weighted by Gasteiger charge is 2.20. The zero-order chi connectivity index (χ0) is 16.9. The van der Waals surface area contributed by atoms with Crippen LogP contribution >= 0.6 is 0 Å². The van der Waals surface area contributed by atoms with E-state index in [9.17, 15) is 4.79 Å². The molecule has 24 heavy (non-hydrogen) atoms. The van der Waals surface area contributed by atoms with E-state index in [4.69, 9.17) is 9.15 Å². The first-order valence-electron chi connectivity index (χ1n) is 7.61. The summed E-state index contributed by atoms with van der Waals surface area (Å²) in [6.07, 6.45) is 3.08. The number of hydrogen-bond donors (Lipinski definition) is 1. The van der Waals surface area contributed by atoms with Crippen LogP contribution in [0.2, 0.25) is 0 Å². The van der Waals surface area contributed by atoms with Gasteiger partial charge in [-0.15, -0.1) is 0 Å². The van der Waals surface area contributed by atoms with Crippen molar-refractivity contribution in [3.63, 3.8) is 0 Å². The molecule has 2 atom stereocenters. The van der Waals surface area contributed by atoms with Gasteiger partial charge in [0.25, 0.3) is 11.9 Å². The Hall–Kier alpha value is -3.09. The average molecular weight is 326 g/mol. The van der Waals surface area contributed by atoms with Gasteiger partial charge in [0.15, 0.2) is 5.76 Å². The molecule has 0 aliphatic heterocycles. The molecule has 0 saturated carbocycles. The van der Waals surface area contributed by atoms with E-state index in [1.54, 1.807) is 23.1 Å². The quantitative estimate of drug-likeness (QED) is 0.753. The van der Waals surface area contributed by atoms with Crippen molar-refractivity contribution < 1.29 is 13.9 Å². The molecule has 2 aromatic heterocycles. The van der Waals surface area contributed by atoms with Crippen LogP contribution in [0.25, 0.3) is 0 Å². The summed E-state index contributed by atoms with van der Waals surface area (Å²) < 4.78 is 12.7. The van der Waals surface area contributed by atoms with Crippen LogP contribution in [0.1, 0.15) is 30.4 Å². The Morgan fingerprint density at radius 1 is 1.21 bits per heavy atom. The van der Waals surface area contributed by atoms with Gasteiger partial charge < -0.3 is 14.5 Å². The lowest BCUT2D eigenvalue weighted by Gasteiger charge is -2.20. The first kappa shape index (κ1) is 15.8. The van der Waals surface area contributed by atoms with Gasteiger partial charge in [-0.3, -0.25) is 4.79 Å². The minimum atomic E-state index is -0.308. The molecule has 1 N–H and O–H groups in total. The summed E-state index contributed by atoms with van der Waals surface area (Å²) in [7, 11) is 0. The van der Waals surface area contributed by atoms with Gasteiger partial charge in [0.1, 0.15) is 18.4 Å². The van der Waals surface area contributed by atoms with E-state index in [2.05, 4.69) is 15.4 Å². The van der Waals surface area contributed by atoms with Crippen LogP contribution in [-0.2, 0) is 0 Å². The Bertz CT molecular complexity index is 783. The summed E-state index contributed by atoms with van der Waals surface area (Å²) in [5.74, 6) is 0.797. The van der Waals surface area contributed by atoms with Crippen molar-refractivity contribution in [1.29, 1.82) is 0 Å². The highest BCUT2D eigenvalue weighted by atomic mass is 16.6. The maximum absolute atomic E-state index is 12.3. The molecule has 0 aliphatic rings. The lowest BCUT2D eigenvalue weighted by atomic mass is 10.1. The summed E-state index contributed by atoms with van der Waals surface area (Å²) in [6.45, 7) is 3.85. The third kappa shape index (κ3) is 3.62. The van der Waals surface area contributed by atoms with Gasteiger partial charge in [0, 0.05) is 12.1 Å². The molecule has 0 unspecified atom stereocenters. The van der Waals surface area contributed by atoms with Crippen molar-refractivity contribution in [2.45, 2.75) is 25.9 Å². The second-order valence-electron chi connectivity index (χ2n) is 5.41. The number of ether oxygens (including phenoxy) is 1. The van der Waals surface area contributed by atoms with E-state index in [0.717, 1.165) is 0 Å². The van der Waals surface area contributed by atoms with Crippen LogP contribution in [0.4, 0.5) is 0 Å². The molecule has 2 heterocycles. The number of nitrogens with one attached hydrogen (secondary N) is 1. The maximum atomic E-state index is 12.3. The first-order valence-corrected chi connectivity index (χ1v) is 7.61. The maximum Gasteiger partial charge on any atom is 0.290 e. The Labute approximate surface area is 139 Å². The SMILES string of the molecule is C[C@H]([C@@H](C)NC(=O)c1ccc(Oc2ccccc2)o1)n1cncn1. The molecule has 0 saturated heterocycles. The average Bonchev–Trinajstić information content (AvgIpc) is 3.27. The summed E-state index contributed by atoms with van der Waals surface area (Å²) in [4.78, 5) is 16.2. The van der Waals surface area contributed by atoms with Gasteiger partial charge in [-0.1, -0.05) is 18.2 Å². The largest absolute Gasteiger partial charge is 0.426 e. The zero-order valence-corrected chi connectivity index (χ0v) is 13.4. The number of aromatic nitrogens is 3. The monoisotopic (exact) mass is 326 g/mol. The smallest absolute Gasteiger partial charge is 0.290 e. The fourth-order valence-electron chi connectivity index (χ4n) is 2.16. The van der Waals surface area contributed by atoms with Crippen LogP contribution in [0.15, 0.2) is 59.5 Å². The predicted octanol–water partition coefficient (Wildman–Crippen LogP) is 3.04. The summed E-state index contributed by atoms with van der Waals surface area (Å²) >= 11 is 0. The number of para-hydroxylation sites is 1. The van der Waals surface area contributed by atoms with Crippen LogP contribution in [0.3, 0.4) is 0 Å². The number of furan rings is 1. The summed E-state index contributed by atoms with van der Waals surface area (Å²) in [5.41, 5.74) is 0. The standard InChI is InChI=1S/C17H18N4O3/c1-12(13(2)21-11-18-10-19-21)20-17(22)15-8-9-16(24-15)23-14-6-4-3-5-7-14/h3-13H,1-2H3,(H,20,22)/t12-,13-/m1/s1. The zero-order valence-electron chi connectivity index (χ0n) is 13.4. The first-order chi connectivity index (χ1) is 11.6. The highest BCUT2D eigenvalue weighted by Crippen LogP contribution is 2.23. The number of carbonyl (C=O) groups excluding carboxylic acids is 1. The third-order valence-electron chi connectivity index (χ3n) is 3.70. The molecule has 7 heteroatoms. The molecule has 0 fully saturated rings. The third-order valence-corrected chi connectivity index (χ3v) is 3.70. The van der Waals surface area contributed by atoms with E-state index in [1.165, 1.54) is 6.33 Å². The minimum absolute atomic E-state index is 0.0357. The Morgan fingerprint density at radius 3 is 2.71 bits per heavy atom. The minimum Gasteiger partial charge on any atom is -0.426 e. The molecule has 124 valence electrons. The van der Waals surface area contributed by atoms with E-state index < -0.39 is 0 Å². The molecule has 1 aromatic carbocycles.